The smallest absolute Gasteiger partial charge is 0.229 e. The second-order valence-electron chi connectivity index (χ2n) is 5.97. The minimum Gasteiger partial charge on any atom is -0.348 e. The van der Waals surface area contributed by atoms with Crippen molar-refractivity contribution in [1.82, 2.24) is 15.2 Å². The van der Waals surface area contributed by atoms with E-state index in [2.05, 4.69) is 22.4 Å². The first-order chi connectivity index (χ1) is 9.64. The van der Waals surface area contributed by atoms with Gasteiger partial charge in [0.1, 0.15) is 0 Å². The van der Waals surface area contributed by atoms with E-state index in [1.807, 2.05) is 26.5 Å². The van der Waals surface area contributed by atoms with Gasteiger partial charge in [0.05, 0.1) is 5.41 Å². The fraction of sp³-hybridized carbons (Fsp3) is 0.625. The van der Waals surface area contributed by atoms with Crippen molar-refractivity contribution < 1.29 is 4.79 Å². The molecule has 1 fully saturated rings. The second kappa shape index (κ2) is 6.84. The van der Waals surface area contributed by atoms with Gasteiger partial charge in [0.25, 0.3) is 0 Å². The lowest BCUT2D eigenvalue weighted by molar-refractivity contribution is -0.141. The van der Waals surface area contributed by atoms with Gasteiger partial charge in [-0.05, 0) is 56.3 Å². The molecule has 2 rings (SSSR count). The van der Waals surface area contributed by atoms with Crippen molar-refractivity contribution in [3.8, 4) is 0 Å². The van der Waals surface area contributed by atoms with Gasteiger partial charge in [0.2, 0.25) is 5.91 Å². The van der Waals surface area contributed by atoms with E-state index >= 15 is 0 Å². The summed E-state index contributed by atoms with van der Waals surface area (Å²) in [6.45, 7) is 1.85. The monoisotopic (exact) mass is 275 g/mol. The lowest BCUT2D eigenvalue weighted by atomic mass is 9.75. The zero-order valence-electron chi connectivity index (χ0n) is 12.6. The number of carbonyl (C=O) groups is 1. The summed E-state index contributed by atoms with van der Waals surface area (Å²) in [6.07, 6.45) is 8.79. The number of piperidine rings is 1. The van der Waals surface area contributed by atoms with Crippen LogP contribution in [0.5, 0.6) is 0 Å². The molecule has 1 aromatic rings. The third-order valence-corrected chi connectivity index (χ3v) is 4.20. The molecule has 4 heteroatoms. The summed E-state index contributed by atoms with van der Waals surface area (Å²) >= 11 is 0. The molecule has 4 nitrogen and oxygen atoms in total. The number of hydrogen-bond acceptors (Lipinski definition) is 3. The Morgan fingerprint density at radius 3 is 2.75 bits per heavy atom. The van der Waals surface area contributed by atoms with Crippen molar-refractivity contribution in [3.63, 3.8) is 0 Å². The molecular formula is C16H25N3O. The highest BCUT2D eigenvalue weighted by Crippen LogP contribution is 2.33. The van der Waals surface area contributed by atoms with Gasteiger partial charge < -0.3 is 10.2 Å². The Hall–Kier alpha value is -1.42. The molecule has 0 aliphatic carbocycles. The van der Waals surface area contributed by atoms with E-state index in [0.29, 0.717) is 0 Å². The lowest BCUT2D eigenvalue weighted by Crippen LogP contribution is -2.50. The van der Waals surface area contributed by atoms with E-state index in [0.717, 1.165) is 45.2 Å². The number of pyridine rings is 1. The molecule has 2 heterocycles. The van der Waals surface area contributed by atoms with Crippen molar-refractivity contribution in [3.05, 3.63) is 30.1 Å². The van der Waals surface area contributed by atoms with Crippen LogP contribution >= 0.6 is 0 Å². The predicted octanol–water partition coefficient (Wildman–Crippen LogP) is 1.86. The average molecular weight is 275 g/mol. The summed E-state index contributed by atoms with van der Waals surface area (Å²) in [5, 5.41) is 3.40. The molecule has 110 valence electrons. The highest BCUT2D eigenvalue weighted by Gasteiger charge is 2.39. The first kappa shape index (κ1) is 15.0. The van der Waals surface area contributed by atoms with Crippen LogP contribution in [0, 0.1) is 5.41 Å². The third kappa shape index (κ3) is 3.57. The first-order valence-electron chi connectivity index (χ1n) is 7.45. The van der Waals surface area contributed by atoms with Crippen LogP contribution < -0.4 is 5.32 Å². The number of amides is 1. The van der Waals surface area contributed by atoms with Gasteiger partial charge in [-0.15, -0.1) is 0 Å². The normalized spacial score (nSPS) is 22.5. The first-order valence-corrected chi connectivity index (χ1v) is 7.45. The van der Waals surface area contributed by atoms with Gasteiger partial charge in [-0.1, -0.05) is 0 Å². The van der Waals surface area contributed by atoms with E-state index in [1.165, 1.54) is 5.56 Å². The predicted molar refractivity (Wildman–Crippen MR) is 80.4 cm³/mol. The molecule has 1 aliphatic rings. The maximum absolute atomic E-state index is 12.5. The molecule has 20 heavy (non-hydrogen) atoms. The Labute approximate surface area is 121 Å². The van der Waals surface area contributed by atoms with Crippen LogP contribution in [0.2, 0.25) is 0 Å². The number of aryl methyl sites for hydroxylation is 1. The van der Waals surface area contributed by atoms with E-state index < -0.39 is 0 Å². The standard InChI is InChI=1S/C16H25N3O/c1-19(2)15(20)16(9-4-10-18-13-16)8-3-5-14-6-11-17-12-7-14/h6-7,11-12,18H,3-5,8-10,13H2,1-2H3/t16-/m1/s1. The molecule has 1 atom stereocenters. The van der Waals surface area contributed by atoms with E-state index in [4.69, 9.17) is 0 Å². The van der Waals surface area contributed by atoms with Crippen molar-refractivity contribution >= 4 is 5.91 Å². The van der Waals surface area contributed by atoms with Crippen molar-refractivity contribution in [2.24, 2.45) is 5.41 Å². The van der Waals surface area contributed by atoms with Crippen LogP contribution in [0.1, 0.15) is 31.2 Å². The number of rotatable bonds is 5. The topological polar surface area (TPSA) is 45.2 Å². The molecule has 0 radical (unpaired) electrons. The zero-order chi connectivity index (χ0) is 14.4. The van der Waals surface area contributed by atoms with Crippen LogP contribution in [0.25, 0.3) is 0 Å². The Balaban J connectivity index is 1.96. The number of nitrogens with one attached hydrogen (secondary N) is 1. The van der Waals surface area contributed by atoms with Gasteiger partial charge in [-0.25, -0.2) is 0 Å². The average Bonchev–Trinajstić information content (AvgIpc) is 2.48. The van der Waals surface area contributed by atoms with Crippen molar-refractivity contribution in [2.45, 2.75) is 32.1 Å². The summed E-state index contributed by atoms with van der Waals surface area (Å²) in [7, 11) is 3.73. The molecule has 1 amide bonds. The summed E-state index contributed by atoms with van der Waals surface area (Å²) < 4.78 is 0. The van der Waals surface area contributed by atoms with Crippen LogP contribution in [0.4, 0.5) is 0 Å². The number of carbonyl (C=O) groups excluding carboxylic acids is 1. The Morgan fingerprint density at radius 1 is 1.40 bits per heavy atom. The molecule has 1 N–H and O–H groups in total. The SMILES string of the molecule is CN(C)C(=O)[C@]1(CCCc2ccncc2)CCCNC1. The number of nitrogens with zero attached hydrogens (tertiary/aromatic N) is 2. The fourth-order valence-corrected chi connectivity index (χ4v) is 3.13. The number of hydrogen-bond donors (Lipinski definition) is 1. The molecule has 0 aromatic carbocycles. The van der Waals surface area contributed by atoms with Gasteiger partial charge in [0.15, 0.2) is 0 Å². The molecule has 1 saturated heterocycles. The highest BCUT2D eigenvalue weighted by molar-refractivity contribution is 5.82. The molecule has 0 spiro atoms. The second-order valence-corrected chi connectivity index (χ2v) is 5.97. The Bertz CT molecular complexity index is 425. The number of aromatic nitrogens is 1. The largest absolute Gasteiger partial charge is 0.348 e. The van der Waals surface area contributed by atoms with Gasteiger partial charge in [-0.2, -0.15) is 0 Å². The van der Waals surface area contributed by atoms with E-state index in [9.17, 15) is 4.79 Å². The minimum absolute atomic E-state index is 0.200. The van der Waals surface area contributed by atoms with Crippen LogP contribution in [-0.4, -0.2) is 43.0 Å². The molecule has 1 aliphatic heterocycles. The third-order valence-electron chi connectivity index (χ3n) is 4.20. The zero-order valence-corrected chi connectivity index (χ0v) is 12.6. The maximum atomic E-state index is 12.5. The van der Waals surface area contributed by atoms with Crippen molar-refractivity contribution in [2.75, 3.05) is 27.2 Å². The highest BCUT2D eigenvalue weighted by atomic mass is 16.2. The minimum atomic E-state index is -0.200. The summed E-state index contributed by atoms with van der Waals surface area (Å²) in [5.74, 6) is 0.277. The lowest BCUT2D eigenvalue weighted by Gasteiger charge is -2.38. The van der Waals surface area contributed by atoms with Crippen LogP contribution in [0.3, 0.4) is 0 Å². The Kier molecular flexibility index (Phi) is 5.12. The van der Waals surface area contributed by atoms with Crippen LogP contribution in [0.15, 0.2) is 24.5 Å². The molecule has 0 saturated carbocycles. The maximum Gasteiger partial charge on any atom is 0.229 e. The molecular weight excluding hydrogens is 250 g/mol. The van der Waals surface area contributed by atoms with Gasteiger partial charge in [-0.3, -0.25) is 9.78 Å². The molecule has 0 bridgehead atoms. The van der Waals surface area contributed by atoms with Gasteiger partial charge >= 0.3 is 0 Å². The quantitative estimate of drug-likeness (QED) is 0.892. The van der Waals surface area contributed by atoms with E-state index in [-0.39, 0.29) is 11.3 Å². The summed E-state index contributed by atoms with van der Waals surface area (Å²) in [5.41, 5.74) is 1.10. The van der Waals surface area contributed by atoms with Crippen LogP contribution in [-0.2, 0) is 11.2 Å². The summed E-state index contributed by atoms with van der Waals surface area (Å²) in [6, 6.07) is 4.11. The van der Waals surface area contributed by atoms with E-state index in [1.54, 1.807) is 4.90 Å². The fourth-order valence-electron chi connectivity index (χ4n) is 3.13. The molecule has 0 unspecified atom stereocenters. The molecule has 1 aromatic heterocycles. The Morgan fingerprint density at radius 2 is 2.15 bits per heavy atom. The van der Waals surface area contributed by atoms with Crippen molar-refractivity contribution in [1.29, 1.82) is 0 Å². The summed E-state index contributed by atoms with van der Waals surface area (Å²) in [4.78, 5) is 18.3. The van der Waals surface area contributed by atoms with Gasteiger partial charge in [0, 0.05) is 33.0 Å².